The summed E-state index contributed by atoms with van der Waals surface area (Å²) in [6, 6.07) is 21.5. The smallest absolute Gasteiger partial charge is 0.253 e. The number of rotatable bonds is 11. The molecule has 1 amide bonds. The lowest BCUT2D eigenvalue weighted by Gasteiger charge is -2.38. The predicted octanol–water partition coefficient (Wildman–Crippen LogP) is 8.06. The largest absolute Gasteiger partial charge is 0.348 e. The van der Waals surface area contributed by atoms with E-state index in [1.54, 1.807) is 18.2 Å². The van der Waals surface area contributed by atoms with Crippen LogP contribution in [0.15, 0.2) is 72.9 Å². The van der Waals surface area contributed by atoms with Gasteiger partial charge in [-0.1, -0.05) is 78.7 Å². The first-order valence-electron chi connectivity index (χ1n) is 15.5. The molecule has 1 aliphatic carbocycles. The van der Waals surface area contributed by atoms with Gasteiger partial charge in [-0.25, -0.2) is 0 Å². The van der Waals surface area contributed by atoms with Gasteiger partial charge in [0.05, 0.1) is 27.7 Å². The highest BCUT2D eigenvalue weighted by Crippen LogP contribution is 2.44. The van der Waals surface area contributed by atoms with Gasteiger partial charge in [-0.05, 0) is 79.2 Å². The molecule has 0 spiro atoms. The number of para-hydroxylation sites is 1. The lowest BCUT2D eigenvalue weighted by Crippen LogP contribution is -2.44. The normalized spacial score (nSPS) is 20.0. The summed E-state index contributed by atoms with van der Waals surface area (Å²) in [6.07, 6.45) is 7.72. The van der Waals surface area contributed by atoms with Crippen LogP contribution in [0.5, 0.6) is 0 Å². The highest BCUT2D eigenvalue weighted by Gasteiger charge is 2.41. The van der Waals surface area contributed by atoms with Gasteiger partial charge in [-0.3, -0.25) is 14.5 Å². The molecule has 2 bridgehead atoms. The molecule has 1 aliphatic heterocycles. The van der Waals surface area contributed by atoms with Crippen molar-refractivity contribution in [1.82, 2.24) is 14.8 Å². The second-order valence-electron chi connectivity index (χ2n) is 12.2. The van der Waals surface area contributed by atoms with Crippen molar-refractivity contribution in [2.75, 3.05) is 19.6 Å². The molecular formula is C36H39Cl2N3O2. The van der Waals surface area contributed by atoms with Crippen molar-refractivity contribution in [2.24, 2.45) is 17.8 Å². The Kier molecular flexibility index (Phi) is 9.22. The van der Waals surface area contributed by atoms with Crippen LogP contribution in [0.3, 0.4) is 0 Å². The lowest BCUT2D eigenvalue weighted by atomic mass is 9.81. The second kappa shape index (κ2) is 13.3. The molecule has 3 aromatic carbocycles. The van der Waals surface area contributed by atoms with Crippen molar-refractivity contribution >= 4 is 45.8 Å². The van der Waals surface area contributed by atoms with Crippen molar-refractivity contribution < 1.29 is 9.59 Å². The summed E-state index contributed by atoms with van der Waals surface area (Å²) in [7, 11) is 0. The Balaban J connectivity index is 1.09. The first-order valence-corrected chi connectivity index (χ1v) is 16.3. The van der Waals surface area contributed by atoms with Gasteiger partial charge in [0, 0.05) is 43.3 Å². The molecule has 1 N–H and O–H groups in total. The average molecular weight is 617 g/mol. The minimum absolute atomic E-state index is 0.0262. The zero-order chi connectivity index (χ0) is 29.9. The Morgan fingerprint density at radius 1 is 0.930 bits per heavy atom. The zero-order valence-electron chi connectivity index (χ0n) is 24.7. The van der Waals surface area contributed by atoms with Gasteiger partial charge in [0.15, 0.2) is 5.78 Å². The third kappa shape index (κ3) is 6.55. The number of aromatic nitrogens is 1. The molecule has 0 radical (unpaired) electrons. The number of aryl methyl sites for hydroxylation is 2. The number of hydrogen-bond donors (Lipinski definition) is 1. The van der Waals surface area contributed by atoms with Crippen molar-refractivity contribution in [1.29, 1.82) is 0 Å². The van der Waals surface area contributed by atoms with E-state index in [1.165, 1.54) is 30.3 Å². The first-order chi connectivity index (χ1) is 20.9. The number of carbonyl (C=O) groups is 2. The molecule has 2 aliphatic rings. The Labute approximate surface area is 264 Å². The number of ketones is 1. The number of hydrogen-bond acceptors (Lipinski definition) is 3. The maximum Gasteiger partial charge on any atom is 0.253 e. The van der Waals surface area contributed by atoms with Gasteiger partial charge in [-0.2, -0.15) is 0 Å². The number of carbonyl (C=O) groups excluding carboxylic acids is 2. The molecule has 4 aromatic rings. The third-order valence-electron chi connectivity index (χ3n) is 9.55. The molecule has 1 saturated carbocycles. The standard InChI is InChI=1S/C36H39Cl2N3O2/c1-2-25-10-6-11-30-31(36(43)39-19-24-8-4-3-5-9-24)22-41(35(25)30)17-7-12-29-27-13-14-28(29)21-40(20-27)23-34(42)26-15-16-32(37)33(38)18-26/h3-6,8-11,15-16,18,22,27-29H,2,7,12-14,17,19-21,23H2,1H3,(H,39,43)/t27-,28+,29?. The highest BCUT2D eigenvalue weighted by atomic mass is 35.5. The lowest BCUT2D eigenvalue weighted by molar-refractivity contribution is 0.0766. The summed E-state index contributed by atoms with van der Waals surface area (Å²) in [5, 5.41) is 5.05. The summed E-state index contributed by atoms with van der Waals surface area (Å²) in [6.45, 7) is 5.98. The number of piperidine rings is 1. The van der Waals surface area contributed by atoms with Gasteiger partial charge >= 0.3 is 0 Å². The number of fused-ring (bicyclic) bond motifs is 3. The molecule has 3 atom stereocenters. The predicted molar refractivity (Wildman–Crippen MR) is 175 cm³/mol. The molecule has 1 saturated heterocycles. The van der Waals surface area contributed by atoms with E-state index in [0.29, 0.717) is 46.5 Å². The number of halogens is 2. The van der Waals surface area contributed by atoms with Crippen LogP contribution in [0.1, 0.15) is 64.4 Å². The second-order valence-corrected chi connectivity index (χ2v) is 13.0. The van der Waals surface area contributed by atoms with Crippen LogP contribution < -0.4 is 5.32 Å². The minimum Gasteiger partial charge on any atom is -0.348 e. The number of likely N-dealkylation sites (tertiary alicyclic amines) is 1. The van der Waals surface area contributed by atoms with E-state index in [0.717, 1.165) is 49.0 Å². The average Bonchev–Trinajstić information content (AvgIpc) is 3.51. The van der Waals surface area contributed by atoms with Gasteiger partial charge in [-0.15, -0.1) is 0 Å². The van der Waals surface area contributed by atoms with Crippen LogP contribution in [-0.2, 0) is 19.5 Å². The van der Waals surface area contributed by atoms with Crippen LogP contribution >= 0.6 is 23.2 Å². The number of nitrogens with one attached hydrogen (secondary N) is 1. The number of benzene rings is 3. The summed E-state index contributed by atoms with van der Waals surface area (Å²) in [5.74, 6) is 2.03. The maximum atomic E-state index is 13.3. The number of amides is 1. The zero-order valence-corrected chi connectivity index (χ0v) is 26.2. The molecule has 224 valence electrons. The van der Waals surface area contributed by atoms with E-state index in [2.05, 4.69) is 46.1 Å². The van der Waals surface area contributed by atoms with Crippen molar-refractivity contribution in [3.8, 4) is 0 Å². The highest BCUT2D eigenvalue weighted by molar-refractivity contribution is 6.42. The Morgan fingerprint density at radius 2 is 1.70 bits per heavy atom. The topological polar surface area (TPSA) is 54.3 Å². The van der Waals surface area contributed by atoms with E-state index >= 15 is 0 Å². The van der Waals surface area contributed by atoms with Crippen molar-refractivity contribution in [2.45, 2.75) is 52.1 Å². The molecule has 43 heavy (non-hydrogen) atoms. The molecule has 5 nitrogen and oxygen atoms in total. The van der Waals surface area contributed by atoms with Crippen molar-refractivity contribution in [3.05, 3.63) is 105 Å². The van der Waals surface area contributed by atoms with Crippen LogP contribution in [0, 0.1) is 17.8 Å². The quantitative estimate of drug-likeness (QED) is 0.174. The molecule has 7 heteroatoms. The summed E-state index contributed by atoms with van der Waals surface area (Å²) in [5.41, 5.74) is 4.94. The summed E-state index contributed by atoms with van der Waals surface area (Å²) >= 11 is 12.2. The van der Waals surface area contributed by atoms with E-state index in [4.69, 9.17) is 23.2 Å². The Bertz CT molecular complexity index is 1600. The fourth-order valence-electron chi connectivity index (χ4n) is 7.45. The molecule has 6 rings (SSSR count). The van der Waals surface area contributed by atoms with E-state index < -0.39 is 0 Å². The van der Waals surface area contributed by atoms with E-state index in [1.807, 2.05) is 30.3 Å². The fraction of sp³-hybridized carbons (Fsp3) is 0.389. The number of nitrogens with zero attached hydrogens (tertiary/aromatic N) is 2. The third-order valence-corrected chi connectivity index (χ3v) is 10.3. The maximum absolute atomic E-state index is 13.3. The summed E-state index contributed by atoms with van der Waals surface area (Å²) in [4.78, 5) is 28.6. The molecule has 1 aromatic heterocycles. The molecule has 2 heterocycles. The first kappa shape index (κ1) is 29.9. The summed E-state index contributed by atoms with van der Waals surface area (Å²) < 4.78 is 2.32. The SMILES string of the molecule is CCc1cccc2c(C(=O)NCc3ccccc3)cn(CCCC3[C@@H]4CC[C@H]3CN(CC(=O)c3ccc(Cl)c(Cl)c3)C4)c12. The van der Waals surface area contributed by atoms with E-state index in [9.17, 15) is 9.59 Å². The molecule has 1 unspecified atom stereocenters. The van der Waals surface area contributed by atoms with E-state index in [-0.39, 0.29) is 11.7 Å². The monoisotopic (exact) mass is 615 g/mol. The van der Waals surface area contributed by atoms with Crippen LogP contribution in [0.4, 0.5) is 0 Å². The van der Waals surface area contributed by atoms with Gasteiger partial charge < -0.3 is 9.88 Å². The number of Topliss-reactive ketones (excluding diaryl/α,β-unsaturated/α-hetero) is 1. The fourth-order valence-corrected chi connectivity index (χ4v) is 7.75. The van der Waals surface area contributed by atoms with Crippen LogP contribution in [0.2, 0.25) is 10.0 Å². The van der Waals surface area contributed by atoms with Crippen LogP contribution in [0.25, 0.3) is 10.9 Å². The van der Waals surface area contributed by atoms with Gasteiger partial charge in [0.25, 0.3) is 5.91 Å². The minimum atomic E-state index is -0.0262. The Hall–Kier alpha value is -3.12. The molecular weight excluding hydrogens is 577 g/mol. The Morgan fingerprint density at radius 3 is 2.42 bits per heavy atom. The molecule has 2 fully saturated rings. The van der Waals surface area contributed by atoms with Crippen LogP contribution in [-0.4, -0.2) is 40.8 Å². The van der Waals surface area contributed by atoms with Gasteiger partial charge in [0.2, 0.25) is 0 Å². The van der Waals surface area contributed by atoms with Gasteiger partial charge in [0.1, 0.15) is 0 Å². The van der Waals surface area contributed by atoms with Crippen molar-refractivity contribution in [3.63, 3.8) is 0 Å².